The van der Waals surface area contributed by atoms with Gasteiger partial charge in [0.15, 0.2) is 0 Å². The second kappa shape index (κ2) is 19.6. The number of alkyl halides is 1. The van der Waals surface area contributed by atoms with Crippen molar-refractivity contribution >= 4 is 27.9 Å². The van der Waals surface area contributed by atoms with Gasteiger partial charge in [0.05, 0.1) is 44.9 Å². The van der Waals surface area contributed by atoms with Crippen LogP contribution >= 0.6 is 15.9 Å². The molecule has 0 radical (unpaired) electrons. The van der Waals surface area contributed by atoms with E-state index in [9.17, 15) is 9.59 Å². The Morgan fingerprint density at radius 1 is 1.04 bits per heavy atom. The molecular formula is C18H34BrNaO6. The summed E-state index contributed by atoms with van der Waals surface area (Å²) in [5.41, 5.74) is -1.33. The van der Waals surface area contributed by atoms with Gasteiger partial charge in [-0.15, -0.1) is 13.2 Å². The fourth-order valence-electron chi connectivity index (χ4n) is 1.07. The third-order valence-electron chi connectivity index (χ3n) is 2.68. The van der Waals surface area contributed by atoms with Crippen LogP contribution in [0.5, 0.6) is 0 Å². The number of methoxy groups -OCH3 is 2. The van der Waals surface area contributed by atoms with Gasteiger partial charge in [-0.3, -0.25) is 9.59 Å². The molecule has 0 rings (SSSR count). The van der Waals surface area contributed by atoms with Gasteiger partial charge in [-0.2, -0.15) is 0 Å². The molecule has 0 heterocycles. The van der Waals surface area contributed by atoms with E-state index >= 15 is 0 Å². The SMILES string of the molecule is C=CCBr.C=CCOCC(C)(C)C(=O)OC.COC(=O)C(C)(C)CO.[H-].[Na+]. The fourth-order valence-corrected chi connectivity index (χ4v) is 1.07. The number of halogens is 1. The van der Waals surface area contributed by atoms with Gasteiger partial charge in [0.25, 0.3) is 0 Å². The number of esters is 2. The van der Waals surface area contributed by atoms with Gasteiger partial charge in [-0.1, -0.05) is 28.1 Å². The number of aliphatic hydroxyl groups excluding tert-OH is 1. The zero-order chi connectivity index (χ0) is 20.5. The molecule has 0 amide bonds. The van der Waals surface area contributed by atoms with E-state index in [1.165, 1.54) is 14.2 Å². The number of aliphatic hydroxyl groups is 1. The van der Waals surface area contributed by atoms with Crippen LogP contribution in [0.2, 0.25) is 0 Å². The molecule has 26 heavy (non-hydrogen) atoms. The van der Waals surface area contributed by atoms with Crippen molar-refractivity contribution in [3.8, 4) is 0 Å². The molecule has 0 spiro atoms. The van der Waals surface area contributed by atoms with Gasteiger partial charge < -0.3 is 20.7 Å². The summed E-state index contributed by atoms with van der Waals surface area (Å²) >= 11 is 3.13. The number of hydrogen-bond donors (Lipinski definition) is 1. The predicted octanol–water partition coefficient (Wildman–Crippen LogP) is 0.250. The van der Waals surface area contributed by atoms with Crippen molar-refractivity contribution in [2.24, 2.45) is 10.8 Å². The van der Waals surface area contributed by atoms with Crippen molar-refractivity contribution in [2.45, 2.75) is 27.7 Å². The first-order chi connectivity index (χ1) is 11.5. The van der Waals surface area contributed by atoms with E-state index in [-0.39, 0.29) is 49.5 Å². The Kier molecular flexibility index (Phi) is 25.2. The molecule has 150 valence electrons. The van der Waals surface area contributed by atoms with Crippen molar-refractivity contribution in [1.29, 1.82) is 0 Å². The number of ether oxygens (including phenoxy) is 3. The van der Waals surface area contributed by atoms with E-state index in [1.807, 2.05) is 0 Å². The maximum absolute atomic E-state index is 11.1. The first-order valence-electron chi connectivity index (χ1n) is 7.63. The largest absolute Gasteiger partial charge is 1.00 e. The van der Waals surface area contributed by atoms with Crippen LogP contribution in [0.25, 0.3) is 0 Å². The molecule has 0 aliphatic rings. The van der Waals surface area contributed by atoms with E-state index in [1.54, 1.807) is 39.8 Å². The first kappa shape index (κ1) is 33.4. The molecule has 8 heteroatoms. The maximum Gasteiger partial charge on any atom is 1.00 e. The van der Waals surface area contributed by atoms with Crippen molar-refractivity contribution in [3.05, 3.63) is 25.3 Å². The van der Waals surface area contributed by atoms with Crippen LogP contribution in [0.4, 0.5) is 0 Å². The summed E-state index contributed by atoms with van der Waals surface area (Å²) < 4.78 is 14.2. The first-order valence-corrected chi connectivity index (χ1v) is 8.76. The molecule has 0 saturated heterocycles. The van der Waals surface area contributed by atoms with Crippen molar-refractivity contribution < 1.29 is 59.9 Å². The molecule has 0 saturated carbocycles. The quantitative estimate of drug-likeness (QED) is 0.188. The van der Waals surface area contributed by atoms with Gasteiger partial charge >= 0.3 is 41.5 Å². The Bertz CT molecular complexity index is 403. The molecular weight excluding hydrogens is 415 g/mol. The van der Waals surface area contributed by atoms with E-state index < -0.39 is 10.8 Å². The second-order valence-electron chi connectivity index (χ2n) is 6.16. The summed E-state index contributed by atoms with van der Waals surface area (Å²) in [5.74, 6) is -0.642. The number of carbonyl (C=O) groups excluding carboxylic acids is 2. The van der Waals surface area contributed by atoms with E-state index in [0.717, 1.165) is 5.33 Å². The number of carbonyl (C=O) groups is 2. The monoisotopic (exact) mass is 448 g/mol. The number of allylic oxidation sites excluding steroid dienone is 1. The van der Waals surface area contributed by atoms with Gasteiger partial charge in [-0.25, -0.2) is 0 Å². The van der Waals surface area contributed by atoms with E-state index in [4.69, 9.17) is 9.84 Å². The second-order valence-corrected chi connectivity index (χ2v) is 6.80. The van der Waals surface area contributed by atoms with E-state index in [0.29, 0.717) is 13.2 Å². The molecule has 6 nitrogen and oxygen atoms in total. The smallest absolute Gasteiger partial charge is 1.00 e. The molecule has 0 aromatic rings. The van der Waals surface area contributed by atoms with Crippen molar-refractivity contribution in [2.75, 3.05) is 39.4 Å². The zero-order valence-corrected chi connectivity index (χ0v) is 20.8. The van der Waals surface area contributed by atoms with Crippen LogP contribution in [0, 0.1) is 10.8 Å². The van der Waals surface area contributed by atoms with Crippen molar-refractivity contribution in [3.63, 3.8) is 0 Å². The summed E-state index contributed by atoms with van der Waals surface area (Å²) in [6.07, 6.45) is 3.44. The molecule has 0 bridgehead atoms. The Morgan fingerprint density at radius 2 is 1.42 bits per heavy atom. The molecule has 0 unspecified atom stereocenters. The molecule has 0 aromatic carbocycles. The van der Waals surface area contributed by atoms with Crippen LogP contribution in [-0.4, -0.2) is 56.4 Å². The molecule has 0 fully saturated rings. The standard InChI is InChI=1S/C9H16O3.C6H12O3.C3H5Br.Na.H/c1-5-6-12-7-9(2,3)8(10)11-4;1-6(2,4-7)5(8)9-3;1-2-3-4;;/h5H,1,6-7H2,2-4H3;7H,4H2,1-3H3;2H,1,3H2;;/q;;;+1;-1. The normalized spacial score (nSPS) is 9.85. The van der Waals surface area contributed by atoms with Crippen molar-refractivity contribution in [1.82, 2.24) is 0 Å². The van der Waals surface area contributed by atoms with Gasteiger partial charge in [0.1, 0.15) is 0 Å². The summed E-state index contributed by atoms with van der Waals surface area (Å²) in [4.78, 5) is 21.8. The van der Waals surface area contributed by atoms with E-state index in [2.05, 4.69) is 38.6 Å². The zero-order valence-electron chi connectivity index (χ0n) is 18.3. The third-order valence-corrected chi connectivity index (χ3v) is 3.14. The van der Waals surface area contributed by atoms with Gasteiger partial charge in [-0.05, 0) is 27.7 Å². The average Bonchev–Trinajstić information content (AvgIpc) is 2.60. The Morgan fingerprint density at radius 3 is 1.65 bits per heavy atom. The average molecular weight is 449 g/mol. The molecule has 0 aromatic heterocycles. The molecule has 1 N–H and O–H groups in total. The molecule has 0 aliphatic carbocycles. The van der Waals surface area contributed by atoms with Gasteiger partial charge in [0.2, 0.25) is 0 Å². The summed E-state index contributed by atoms with van der Waals surface area (Å²) in [6, 6.07) is 0. The summed E-state index contributed by atoms with van der Waals surface area (Å²) in [6.45, 7) is 14.4. The summed E-state index contributed by atoms with van der Waals surface area (Å²) in [7, 11) is 2.68. The number of rotatable bonds is 8. The van der Waals surface area contributed by atoms with Crippen LogP contribution in [0.1, 0.15) is 29.1 Å². The minimum absolute atomic E-state index is 0. The van der Waals surface area contributed by atoms with Crippen LogP contribution < -0.4 is 29.6 Å². The maximum atomic E-state index is 11.1. The third kappa shape index (κ3) is 18.6. The number of hydrogen-bond acceptors (Lipinski definition) is 6. The summed E-state index contributed by atoms with van der Waals surface area (Å²) in [5, 5.41) is 9.49. The minimum Gasteiger partial charge on any atom is -1.00 e. The Hall–Kier alpha value is -0.180. The predicted molar refractivity (Wildman–Crippen MR) is 105 cm³/mol. The van der Waals surface area contributed by atoms with Crippen LogP contribution in [0.15, 0.2) is 25.3 Å². The Labute approximate surface area is 190 Å². The molecule has 0 aliphatic heterocycles. The van der Waals surface area contributed by atoms with Crippen LogP contribution in [0.3, 0.4) is 0 Å². The Balaban J connectivity index is -0.0000000959. The molecule has 0 atom stereocenters. The topological polar surface area (TPSA) is 82.1 Å². The minimum atomic E-state index is -0.755. The fraction of sp³-hybridized carbons (Fsp3) is 0.667. The van der Waals surface area contributed by atoms with Crippen LogP contribution in [-0.2, 0) is 23.8 Å². The van der Waals surface area contributed by atoms with Gasteiger partial charge in [0, 0.05) is 5.33 Å².